The van der Waals surface area contributed by atoms with Crippen molar-refractivity contribution < 1.29 is 9.53 Å². The molecule has 0 bridgehead atoms. The zero-order valence-corrected chi connectivity index (χ0v) is 13.6. The van der Waals surface area contributed by atoms with Gasteiger partial charge < -0.3 is 10.1 Å². The van der Waals surface area contributed by atoms with E-state index >= 15 is 0 Å². The Bertz CT molecular complexity index is 491. The highest BCUT2D eigenvalue weighted by Crippen LogP contribution is 2.31. The first kappa shape index (κ1) is 15.0. The van der Waals surface area contributed by atoms with Crippen LogP contribution < -0.4 is 5.32 Å². The van der Waals surface area contributed by atoms with Gasteiger partial charge in [0.25, 0.3) is 0 Å². The molecule has 2 aliphatic carbocycles. The summed E-state index contributed by atoms with van der Waals surface area (Å²) < 4.78 is 5.11. The molecule has 1 fully saturated rings. The van der Waals surface area contributed by atoms with E-state index in [1.54, 1.807) is 11.3 Å². The summed E-state index contributed by atoms with van der Waals surface area (Å²) in [4.78, 5) is 14.0. The molecule has 0 saturated heterocycles. The van der Waals surface area contributed by atoms with Crippen molar-refractivity contribution in [3.8, 4) is 0 Å². The molecule has 1 saturated carbocycles. The Labute approximate surface area is 131 Å². The van der Waals surface area contributed by atoms with Gasteiger partial charge in [0.1, 0.15) is 4.88 Å². The summed E-state index contributed by atoms with van der Waals surface area (Å²) in [5.41, 5.74) is 1.36. The molecule has 4 heteroatoms. The van der Waals surface area contributed by atoms with E-state index < -0.39 is 0 Å². The van der Waals surface area contributed by atoms with Gasteiger partial charge >= 0.3 is 5.97 Å². The van der Waals surface area contributed by atoms with Crippen LogP contribution in [0.25, 0.3) is 0 Å². The molecule has 0 amide bonds. The van der Waals surface area contributed by atoms with Crippen molar-refractivity contribution in [3.63, 3.8) is 0 Å². The van der Waals surface area contributed by atoms with E-state index in [2.05, 4.69) is 11.4 Å². The summed E-state index contributed by atoms with van der Waals surface area (Å²) in [6, 6.07) is 3.37. The van der Waals surface area contributed by atoms with Crippen molar-refractivity contribution in [2.24, 2.45) is 0 Å². The maximum absolute atomic E-state index is 11.8. The van der Waals surface area contributed by atoms with E-state index in [0.29, 0.717) is 18.7 Å². The molecule has 1 aromatic rings. The van der Waals surface area contributed by atoms with Crippen molar-refractivity contribution in [3.05, 3.63) is 21.4 Å². The molecule has 0 aliphatic heterocycles. The Hall–Kier alpha value is -0.870. The predicted octanol–water partition coefficient (Wildman–Crippen LogP) is 3.70. The van der Waals surface area contributed by atoms with Crippen LogP contribution in [0.1, 0.15) is 65.6 Å². The fourth-order valence-electron chi connectivity index (χ4n) is 3.57. The lowest BCUT2D eigenvalue weighted by atomic mass is 9.90. The van der Waals surface area contributed by atoms with E-state index in [-0.39, 0.29) is 5.97 Å². The van der Waals surface area contributed by atoms with Gasteiger partial charge in [0.2, 0.25) is 0 Å². The third kappa shape index (κ3) is 3.67. The van der Waals surface area contributed by atoms with Gasteiger partial charge in [-0.05, 0) is 50.7 Å². The highest BCUT2D eigenvalue weighted by atomic mass is 32.1. The Balaban J connectivity index is 1.60. The second kappa shape index (κ2) is 6.93. The maximum atomic E-state index is 11.8. The molecule has 21 heavy (non-hydrogen) atoms. The molecule has 3 rings (SSSR count). The summed E-state index contributed by atoms with van der Waals surface area (Å²) in [5, 5.41) is 3.85. The molecular weight excluding hydrogens is 282 g/mol. The lowest BCUT2D eigenvalue weighted by Crippen LogP contribution is -2.42. The van der Waals surface area contributed by atoms with E-state index in [0.717, 1.165) is 17.7 Å². The first-order valence-corrected chi connectivity index (χ1v) is 9.12. The van der Waals surface area contributed by atoms with Crippen molar-refractivity contribution in [2.45, 2.75) is 70.4 Å². The van der Waals surface area contributed by atoms with Crippen LogP contribution in [0.3, 0.4) is 0 Å². The van der Waals surface area contributed by atoms with Crippen LogP contribution in [0.5, 0.6) is 0 Å². The average molecular weight is 307 g/mol. The van der Waals surface area contributed by atoms with Crippen molar-refractivity contribution >= 4 is 17.3 Å². The Morgan fingerprint density at radius 2 is 2.10 bits per heavy atom. The van der Waals surface area contributed by atoms with Crippen molar-refractivity contribution in [2.75, 3.05) is 6.61 Å². The number of hydrogen-bond donors (Lipinski definition) is 1. The number of thiophene rings is 1. The number of carbonyl (C=O) groups excluding carboxylic acids is 1. The fraction of sp³-hybridized carbons (Fsp3) is 0.706. The number of esters is 1. The SMILES string of the molecule is CCOC(=O)c1cc2c(s1)CCC(NC1CCCCC1)C2. The molecule has 1 atom stereocenters. The molecular formula is C17H25NO2S. The van der Waals surface area contributed by atoms with Crippen molar-refractivity contribution in [1.82, 2.24) is 5.32 Å². The van der Waals surface area contributed by atoms with E-state index in [1.165, 1.54) is 49.0 Å². The number of fused-ring (bicyclic) bond motifs is 1. The minimum atomic E-state index is -0.159. The first-order chi connectivity index (χ1) is 10.3. The Morgan fingerprint density at radius 3 is 2.86 bits per heavy atom. The zero-order valence-electron chi connectivity index (χ0n) is 12.8. The first-order valence-electron chi connectivity index (χ1n) is 8.31. The van der Waals surface area contributed by atoms with Gasteiger partial charge in [-0.2, -0.15) is 0 Å². The third-order valence-corrected chi connectivity index (χ3v) is 5.85. The number of hydrogen-bond acceptors (Lipinski definition) is 4. The van der Waals surface area contributed by atoms with Gasteiger partial charge in [-0.1, -0.05) is 19.3 Å². The molecule has 3 nitrogen and oxygen atoms in total. The predicted molar refractivity (Wildman–Crippen MR) is 86.1 cm³/mol. The average Bonchev–Trinajstić information content (AvgIpc) is 2.92. The normalized spacial score (nSPS) is 22.8. The molecule has 2 aliphatic rings. The van der Waals surface area contributed by atoms with Crippen molar-refractivity contribution in [1.29, 1.82) is 0 Å². The van der Waals surface area contributed by atoms with Gasteiger partial charge in [0.05, 0.1) is 6.61 Å². The van der Waals surface area contributed by atoms with Gasteiger partial charge in [0, 0.05) is 17.0 Å². The van der Waals surface area contributed by atoms with Crippen LogP contribution in [0.15, 0.2) is 6.07 Å². The summed E-state index contributed by atoms with van der Waals surface area (Å²) in [5.74, 6) is -0.159. The maximum Gasteiger partial charge on any atom is 0.348 e. The number of rotatable bonds is 4. The molecule has 1 heterocycles. The van der Waals surface area contributed by atoms with E-state index in [9.17, 15) is 4.79 Å². The lowest BCUT2D eigenvalue weighted by Gasteiger charge is -2.30. The van der Waals surface area contributed by atoms with Crippen LogP contribution in [0.4, 0.5) is 0 Å². The number of carbonyl (C=O) groups is 1. The summed E-state index contributed by atoms with van der Waals surface area (Å²) >= 11 is 1.63. The molecule has 1 unspecified atom stereocenters. The number of ether oxygens (including phenoxy) is 1. The standard InChI is InChI=1S/C17H25NO2S/c1-2-20-17(19)16-11-12-10-14(8-9-15(12)21-16)18-13-6-4-3-5-7-13/h11,13-14,18H,2-10H2,1H3. The molecule has 0 radical (unpaired) electrons. The monoisotopic (exact) mass is 307 g/mol. The number of nitrogens with one attached hydrogen (secondary N) is 1. The van der Waals surface area contributed by atoms with Crippen LogP contribution >= 0.6 is 11.3 Å². The van der Waals surface area contributed by atoms with Gasteiger partial charge in [-0.3, -0.25) is 0 Å². The van der Waals surface area contributed by atoms with Gasteiger partial charge in [-0.25, -0.2) is 4.79 Å². The van der Waals surface area contributed by atoms with E-state index in [1.807, 2.05) is 6.92 Å². The fourth-order valence-corrected chi connectivity index (χ4v) is 4.67. The molecule has 0 spiro atoms. The third-order valence-electron chi connectivity index (χ3n) is 4.64. The highest BCUT2D eigenvalue weighted by Gasteiger charge is 2.25. The Morgan fingerprint density at radius 1 is 1.29 bits per heavy atom. The molecule has 0 aromatic carbocycles. The second-order valence-electron chi connectivity index (χ2n) is 6.22. The molecule has 1 N–H and O–H groups in total. The summed E-state index contributed by atoms with van der Waals surface area (Å²) in [6.45, 7) is 2.31. The van der Waals surface area contributed by atoms with Gasteiger partial charge in [0.15, 0.2) is 0 Å². The highest BCUT2D eigenvalue weighted by molar-refractivity contribution is 7.14. The molecule has 116 valence electrons. The van der Waals surface area contributed by atoms with Crippen LogP contribution in [-0.4, -0.2) is 24.7 Å². The molecule has 1 aromatic heterocycles. The Kier molecular flexibility index (Phi) is 4.96. The van der Waals surface area contributed by atoms with E-state index in [4.69, 9.17) is 4.74 Å². The smallest absolute Gasteiger partial charge is 0.348 e. The summed E-state index contributed by atoms with van der Waals surface area (Å²) in [6.07, 6.45) is 10.2. The van der Waals surface area contributed by atoms with Crippen LogP contribution in [0.2, 0.25) is 0 Å². The van der Waals surface area contributed by atoms with Crippen LogP contribution in [0, 0.1) is 0 Å². The quantitative estimate of drug-likeness (QED) is 0.862. The largest absolute Gasteiger partial charge is 0.462 e. The summed E-state index contributed by atoms with van der Waals surface area (Å²) in [7, 11) is 0. The van der Waals surface area contributed by atoms with Crippen LogP contribution in [-0.2, 0) is 17.6 Å². The minimum Gasteiger partial charge on any atom is -0.462 e. The topological polar surface area (TPSA) is 38.3 Å². The van der Waals surface area contributed by atoms with Gasteiger partial charge in [-0.15, -0.1) is 11.3 Å². The second-order valence-corrected chi connectivity index (χ2v) is 7.36. The minimum absolute atomic E-state index is 0.159. The zero-order chi connectivity index (χ0) is 14.7. The lowest BCUT2D eigenvalue weighted by molar-refractivity contribution is 0.0532. The number of aryl methyl sites for hydroxylation is 1.